The lowest BCUT2D eigenvalue weighted by Gasteiger charge is -2.24. The van der Waals surface area contributed by atoms with E-state index in [0.717, 1.165) is 23.2 Å². The predicted octanol–water partition coefficient (Wildman–Crippen LogP) is 5.20. The van der Waals surface area contributed by atoms with Gasteiger partial charge in [-0.1, -0.05) is 91.0 Å². The molecule has 0 aliphatic heterocycles. The fourth-order valence-electron chi connectivity index (χ4n) is 3.90. The lowest BCUT2D eigenvalue weighted by molar-refractivity contribution is -0.121. The zero-order valence-electron chi connectivity index (χ0n) is 20.2. The number of anilines is 1. The molecule has 5 heteroatoms. The van der Waals surface area contributed by atoms with Crippen molar-refractivity contribution in [2.45, 2.75) is 19.4 Å². The van der Waals surface area contributed by atoms with Crippen molar-refractivity contribution in [3.8, 4) is 5.75 Å². The smallest absolute Gasteiger partial charge is 0.265 e. The van der Waals surface area contributed by atoms with Gasteiger partial charge in [0.15, 0.2) is 6.61 Å². The quantitative estimate of drug-likeness (QED) is 0.322. The van der Waals surface area contributed by atoms with Gasteiger partial charge in [0.05, 0.1) is 13.0 Å². The Kier molecular flexibility index (Phi) is 8.87. The highest BCUT2D eigenvalue weighted by Gasteiger charge is 2.18. The van der Waals surface area contributed by atoms with Crippen LogP contribution in [0.25, 0.3) is 0 Å². The second-order valence-corrected chi connectivity index (χ2v) is 8.50. The first-order valence-electron chi connectivity index (χ1n) is 12.1. The van der Waals surface area contributed by atoms with Crippen LogP contribution in [0.5, 0.6) is 5.75 Å². The molecule has 0 saturated carbocycles. The number of ether oxygens (including phenoxy) is 1. The number of nitrogens with zero attached hydrogens (tertiary/aromatic N) is 1. The van der Waals surface area contributed by atoms with Gasteiger partial charge in [-0.15, -0.1) is 0 Å². The topological polar surface area (TPSA) is 58.6 Å². The zero-order chi connectivity index (χ0) is 25.0. The van der Waals surface area contributed by atoms with E-state index >= 15 is 0 Å². The van der Waals surface area contributed by atoms with Crippen LogP contribution in [-0.4, -0.2) is 25.0 Å². The number of para-hydroxylation sites is 1. The van der Waals surface area contributed by atoms with Gasteiger partial charge < -0.3 is 15.0 Å². The van der Waals surface area contributed by atoms with E-state index in [1.807, 2.05) is 103 Å². The summed E-state index contributed by atoms with van der Waals surface area (Å²) in [7, 11) is 0. The molecule has 182 valence electrons. The maximum absolute atomic E-state index is 13.3. The third kappa shape index (κ3) is 7.57. The molecule has 0 fully saturated rings. The maximum Gasteiger partial charge on any atom is 0.265 e. The number of carbonyl (C=O) groups is 2. The Hall–Kier alpha value is -4.38. The normalized spacial score (nSPS) is 10.4. The van der Waals surface area contributed by atoms with Gasteiger partial charge in [-0.3, -0.25) is 9.59 Å². The van der Waals surface area contributed by atoms with Crippen molar-refractivity contribution < 1.29 is 14.3 Å². The molecule has 0 bridgehead atoms. The highest BCUT2D eigenvalue weighted by molar-refractivity contribution is 5.94. The van der Waals surface area contributed by atoms with Crippen molar-refractivity contribution >= 4 is 17.5 Å². The molecule has 0 aliphatic rings. The van der Waals surface area contributed by atoms with Crippen molar-refractivity contribution in [2.24, 2.45) is 0 Å². The largest absolute Gasteiger partial charge is 0.484 e. The van der Waals surface area contributed by atoms with Crippen molar-refractivity contribution in [3.05, 3.63) is 132 Å². The van der Waals surface area contributed by atoms with Crippen LogP contribution >= 0.6 is 0 Å². The lowest BCUT2D eigenvalue weighted by atomic mass is 10.1. The molecule has 0 saturated heterocycles. The van der Waals surface area contributed by atoms with E-state index in [1.54, 1.807) is 4.90 Å². The molecule has 5 nitrogen and oxygen atoms in total. The average molecular weight is 479 g/mol. The van der Waals surface area contributed by atoms with E-state index in [9.17, 15) is 9.59 Å². The van der Waals surface area contributed by atoms with Gasteiger partial charge in [-0.05, 0) is 47.4 Å². The van der Waals surface area contributed by atoms with Crippen LogP contribution in [0.4, 0.5) is 5.69 Å². The number of hydrogen-bond donors (Lipinski definition) is 1. The van der Waals surface area contributed by atoms with Gasteiger partial charge >= 0.3 is 0 Å². The Bertz CT molecular complexity index is 1240. The molecule has 0 aliphatic carbocycles. The van der Waals surface area contributed by atoms with Gasteiger partial charge in [-0.2, -0.15) is 0 Å². The van der Waals surface area contributed by atoms with Crippen LogP contribution in [0.1, 0.15) is 16.7 Å². The fourth-order valence-corrected chi connectivity index (χ4v) is 3.90. The number of benzene rings is 4. The minimum atomic E-state index is -0.160. The maximum atomic E-state index is 13.3. The van der Waals surface area contributed by atoms with Crippen molar-refractivity contribution in [3.63, 3.8) is 0 Å². The van der Waals surface area contributed by atoms with E-state index in [4.69, 9.17) is 4.74 Å². The van der Waals surface area contributed by atoms with Crippen LogP contribution in [0, 0.1) is 0 Å². The van der Waals surface area contributed by atoms with Crippen LogP contribution in [0.15, 0.2) is 115 Å². The second kappa shape index (κ2) is 12.9. The van der Waals surface area contributed by atoms with Crippen LogP contribution in [0.3, 0.4) is 0 Å². The van der Waals surface area contributed by atoms with Crippen molar-refractivity contribution in [1.29, 1.82) is 0 Å². The highest BCUT2D eigenvalue weighted by atomic mass is 16.5. The Balaban J connectivity index is 1.42. The minimum absolute atomic E-state index is 0.0450. The first-order chi connectivity index (χ1) is 17.7. The van der Waals surface area contributed by atoms with Crippen LogP contribution < -0.4 is 15.0 Å². The zero-order valence-corrected chi connectivity index (χ0v) is 20.2. The summed E-state index contributed by atoms with van der Waals surface area (Å²) in [4.78, 5) is 27.5. The molecule has 4 rings (SSSR count). The Morgan fingerprint density at radius 1 is 0.694 bits per heavy atom. The molecule has 0 radical (unpaired) electrons. The van der Waals surface area contributed by atoms with Gasteiger partial charge in [-0.25, -0.2) is 0 Å². The molecule has 0 spiro atoms. The Morgan fingerprint density at radius 2 is 1.31 bits per heavy atom. The minimum Gasteiger partial charge on any atom is -0.484 e. The summed E-state index contributed by atoms with van der Waals surface area (Å²) in [6.45, 7) is 0.906. The summed E-state index contributed by atoms with van der Waals surface area (Å²) < 4.78 is 5.73. The highest BCUT2D eigenvalue weighted by Crippen LogP contribution is 2.20. The molecule has 0 aromatic heterocycles. The standard InChI is InChI=1S/C31H30N2O3/c34-30(32-20-19-25-11-4-1-5-12-25)22-27-15-10-16-28(21-27)33(23-26-13-6-2-7-14-26)31(35)24-36-29-17-8-3-9-18-29/h1-18,21H,19-20,22-24H2,(H,32,34). The van der Waals surface area contributed by atoms with Crippen molar-refractivity contribution in [1.82, 2.24) is 5.32 Å². The fraction of sp³-hybridized carbons (Fsp3) is 0.161. The van der Waals surface area contributed by atoms with Gasteiger partial charge in [0, 0.05) is 12.2 Å². The predicted molar refractivity (Wildman–Crippen MR) is 143 cm³/mol. The second-order valence-electron chi connectivity index (χ2n) is 8.50. The molecule has 1 N–H and O–H groups in total. The van der Waals surface area contributed by atoms with Crippen LogP contribution in [0.2, 0.25) is 0 Å². The summed E-state index contributed by atoms with van der Waals surface area (Å²) in [5, 5.41) is 2.99. The number of amides is 2. The van der Waals surface area contributed by atoms with E-state index in [1.165, 1.54) is 5.56 Å². The van der Waals surface area contributed by atoms with Gasteiger partial charge in [0.25, 0.3) is 5.91 Å². The average Bonchev–Trinajstić information content (AvgIpc) is 2.92. The summed E-state index contributed by atoms with van der Waals surface area (Å²) >= 11 is 0. The lowest BCUT2D eigenvalue weighted by Crippen LogP contribution is -2.34. The van der Waals surface area contributed by atoms with Gasteiger partial charge in [0.2, 0.25) is 5.91 Å². The first-order valence-corrected chi connectivity index (χ1v) is 12.1. The molecular weight excluding hydrogens is 448 g/mol. The summed E-state index contributed by atoms with van der Waals surface area (Å²) in [5.41, 5.74) is 3.77. The molecule has 0 unspecified atom stereocenters. The summed E-state index contributed by atoms with van der Waals surface area (Å²) in [6, 6.07) is 36.8. The Morgan fingerprint density at radius 3 is 2.00 bits per heavy atom. The number of rotatable bonds is 11. The molecule has 0 atom stereocenters. The van der Waals surface area contributed by atoms with Crippen LogP contribution in [-0.2, 0) is 29.0 Å². The number of nitrogens with one attached hydrogen (secondary N) is 1. The van der Waals surface area contributed by atoms with E-state index in [-0.39, 0.29) is 24.8 Å². The SMILES string of the molecule is O=C(Cc1cccc(N(Cc2ccccc2)C(=O)COc2ccccc2)c1)NCCc1ccccc1. The molecule has 4 aromatic carbocycles. The van der Waals surface area contributed by atoms with Gasteiger partial charge in [0.1, 0.15) is 5.75 Å². The summed E-state index contributed by atoms with van der Waals surface area (Å²) in [5.74, 6) is 0.440. The third-order valence-electron chi connectivity index (χ3n) is 5.76. The summed E-state index contributed by atoms with van der Waals surface area (Å²) in [6.07, 6.45) is 1.03. The Labute approximate surface area is 212 Å². The molecular formula is C31H30N2O3. The number of hydrogen-bond acceptors (Lipinski definition) is 3. The number of carbonyl (C=O) groups excluding carboxylic acids is 2. The molecule has 0 heterocycles. The van der Waals surface area contributed by atoms with E-state index in [0.29, 0.717) is 18.8 Å². The first kappa shape index (κ1) is 24.7. The third-order valence-corrected chi connectivity index (χ3v) is 5.76. The molecule has 2 amide bonds. The molecule has 4 aromatic rings. The monoisotopic (exact) mass is 478 g/mol. The van der Waals surface area contributed by atoms with E-state index < -0.39 is 0 Å². The molecule has 36 heavy (non-hydrogen) atoms. The van der Waals surface area contributed by atoms with Crippen molar-refractivity contribution in [2.75, 3.05) is 18.1 Å². The van der Waals surface area contributed by atoms with E-state index in [2.05, 4.69) is 17.4 Å².